The van der Waals surface area contributed by atoms with Crippen molar-refractivity contribution in [2.45, 2.75) is 5.75 Å². The zero-order valence-corrected chi connectivity index (χ0v) is 16.2. The van der Waals surface area contributed by atoms with Crippen LogP contribution in [0.2, 0.25) is 5.02 Å². The fraction of sp³-hybridized carbons (Fsp3) is 0.368. The predicted octanol–water partition coefficient (Wildman–Crippen LogP) is 2.58. The minimum Gasteiger partial charge on any atom is -0.369 e. The van der Waals surface area contributed by atoms with Crippen molar-refractivity contribution < 1.29 is 8.42 Å². The third-order valence-electron chi connectivity index (χ3n) is 4.55. The van der Waals surface area contributed by atoms with Crippen LogP contribution in [0.1, 0.15) is 5.56 Å². The smallest absolute Gasteiger partial charge is 0.215 e. The van der Waals surface area contributed by atoms with Gasteiger partial charge in [0.2, 0.25) is 10.0 Å². The van der Waals surface area contributed by atoms with Gasteiger partial charge in [-0.05, 0) is 23.8 Å². The van der Waals surface area contributed by atoms with Crippen LogP contribution >= 0.6 is 11.6 Å². The highest BCUT2D eigenvalue weighted by atomic mass is 35.5. The molecular weight excluding hydrogens is 370 g/mol. The summed E-state index contributed by atoms with van der Waals surface area (Å²) in [6.07, 6.45) is 0. The molecule has 0 atom stereocenters. The molecule has 2 aromatic carbocycles. The van der Waals surface area contributed by atoms with E-state index in [2.05, 4.69) is 38.8 Å². The number of piperazine rings is 1. The van der Waals surface area contributed by atoms with Crippen LogP contribution in [0, 0.1) is 0 Å². The molecule has 3 rings (SSSR count). The molecule has 1 saturated heterocycles. The van der Waals surface area contributed by atoms with Gasteiger partial charge in [0.1, 0.15) is 0 Å². The summed E-state index contributed by atoms with van der Waals surface area (Å²) in [4.78, 5) is 4.65. The standard InChI is InChI=1S/C19H24ClN3O2S/c20-19-9-5-4-6-17(19)16-26(24,25)21-10-11-22-12-14-23(15-13-22)18-7-2-1-3-8-18/h1-9,21H,10-16H2. The molecule has 1 N–H and O–H groups in total. The molecule has 0 spiro atoms. The van der Waals surface area contributed by atoms with E-state index in [4.69, 9.17) is 11.6 Å². The molecule has 0 bridgehead atoms. The van der Waals surface area contributed by atoms with Crippen LogP contribution in [0.4, 0.5) is 5.69 Å². The largest absolute Gasteiger partial charge is 0.369 e. The number of sulfonamides is 1. The molecule has 1 fully saturated rings. The second kappa shape index (κ2) is 8.86. The molecule has 0 unspecified atom stereocenters. The zero-order valence-electron chi connectivity index (χ0n) is 14.6. The van der Waals surface area contributed by atoms with Gasteiger partial charge in [0.25, 0.3) is 0 Å². The third-order valence-corrected chi connectivity index (χ3v) is 6.25. The Labute approximate surface area is 160 Å². The summed E-state index contributed by atoms with van der Waals surface area (Å²) in [6, 6.07) is 17.4. The number of rotatable bonds is 7. The van der Waals surface area contributed by atoms with Crippen LogP contribution in [0.5, 0.6) is 0 Å². The van der Waals surface area contributed by atoms with Crippen LogP contribution in [-0.2, 0) is 15.8 Å². The molecule has 5 nitrogen and oxygen atoms in total. The van der Waals surface area contributed by atoms with E-state index in [0.29, 0.717) is 23.7 Å². The first kappa shape index (κ1) is 19.2. The molecular formula is C19H24ClN3O2S. The average molecular weight is 394 g/mol. The van der Waals surface area contributed by atoms with Crippen molar-refractivity contribution in [3.8, 4) is 0 Å². The van der Waals surface area contributed by atoms with Gasteiger partial charge in [-0.25, -0.2) is 13.1 Å². The lowest BCUT2D eigenvalue weighted by molar-refractivity contribution is 0.262. The van der Waals surface area contributed by atoms with Gasteiger partial charge in [-0.1, -0.05) is 48.0 Å². The topological polar surface area (TPSA) is 52.7 Å². The number of para-hydroxylation sites is 1. The van der Waals surface area contributed by atoms with E-state index in [9.17, 15) is 8.42 Å². The van der Waals surface area contributed by atoms with Crippen molar-refractivity contribution in [3.05, 3.63) is 65.2 Å². The SMILES string of the molecule is O=S(=O)(Cc1ccccc1Cl)NCCN1CCN(c2ccccc2)CC1. The fourth-order valence-electron chi connectivity index (χ4n) is 3.10. The Morgan fingerprint density at radius 2 is 1.58 bits per heavy atom. The summed E-state index contributed by atoms with van der Waals surface area (Å²) < 4.78 is 27.2. The Balaban J connectivity index is 1.42. The Kier molecular flexibility index (Phi) is 6.53. The van der Waals surface area contributed by atoms with Crippen LogP contribution in [0.15, 0.2) is 54.6 Å². The maximum absolute atomic E-state index is 12.2. The summed E-state index contributed by atoms with van der Waals surface area (Å²) in [5.41, 5.74) is 1.87. The van der Waals surface area contributed by atoms with E-state index in [-0.39, 0.29) is 5.75 Å². The molecule has 0 saturated carbocycles. The Bertz CT molecular complexity index is 807. The maximum Gasteiger partial charge on any atom is 0.215 e. The number of anilines is 1. The van der Waals surface area contributed by atoms with Gasteiger partial charge in [-0.15, -0.1) is 0 Å². The second-order valence-electron chi connectivity index (χ2n) is 6.41. The summed E-state index contributed by atoms with van der Waals surface area (Å²) in [6.45, 7) is 4.90. The van der Waals surface area contributed by atoms with E-state index in [0.717, 1.165) is 26.2 Å². The number of nitrogens with zero attached hydrogens (tertiary/aromatic N) is 2. The van der Waals surface area contributed by atoms with Gasteiger partial charge >= 0.3 is 0 Å². The van der Waals surface area contributed by atoms with E-state index in [1.54, 1.807) is 24.3 Å². The van der Waals surface area contributed by atoms with Gasteiger partial charge < -0.3 is 4.90 Å². The maximum atomic E-state index is 12.2. The van der Waals surface area contributed by atoms with Crippen molar-refractivity contribution in [1.82, 2.24) is 9.62 Å². The highest BCUT2D eigenvalue weighted by Gasteiger charge is 2.18. The van der Waals surface area contributed by atoms with Crippen molar-refractivity contribution in [2.75, 3.05) is 44.2 Å². The van der Waals surface area contributed by atoms with Crippen LogP contribution < -0.4 is 9.62 Å². The molecule has 2 aromatic rings. The Morgan fingerprint density at radius 3 is 2.27 bits per heavy atom. The van der Waals surface area contributed by atoms with E-state index < -0.39 is 10.0 Å². The second-order valence-corrected chi connectivity index (χ2v) is 8.62. The van der Waals surface area contributed by atoms with Crippen molar-refractivity contribution >= 4 is 27.3 Å². The number of hydrogen-bond acceptors (Lipinski definition) is 4. The van der Waals surface area contributed by atoms with Gasteiger partial charge in [0.15, 0.2) is 0 Å². The minimum atomic E-state index is -3.38. The lowest BCUT2D eigenvalue weighted by Gasteiger charge is -2.36. The minimum absolute atomic E-state index is 0.0888. The number of hydrogen-bond donors (Lipinski definition) is 1. The third kappa shape index (κ3) is 5.45. The van der Waals surface area contributed by atoms with Crippen LogP contribution in [0.3, 0.4) is 0 Å². The molecule has 7 heteroatoms. The Hall–Kier alpha value is -1.60. The van der Waals surface area contributed by atoms with E-state index >= 15 is 0 Å². The summed E-state index contributed by atoms with van der Waals surface area (Å²) in [5, 5.41) is 0.481. The van der Waals surface area contributed by atoms with Crippen molar-refractivity contribution in [2.24, 2.45) is 0 Å². The van der Waals surface area contributed by atoms with Crippen molar-refractivity contribution in [3.63, 3.8) is 0 Å². The zero-order chi connectivity index (χ0) is 18.4. The van der Waals surface area contributed by atoms with Gasteiger partial charge in [0.05, 0.1) is 5.75 Å². The lowest BCUT2D eigenvalue weighted by atomic mass is 10.2. The highest BCUT2D eigenvalue weighted by Crippen LogP contribution is 2.17. The molecule has 140 valence electrons. The summed E-state index contributed by atoms with van der Waals surface area (Å²) in [5.74, 6) is -0.0888. The fourth-order valence-corrected chi connectivity index (χ4v) is 4.55. The first-order valence-electron chi connectivity index (χ1n) is 8.77. The van der Waals surface area contributed by atoms with E-state index in [1.807, 2.05) is 6.07 Å². The monoisotopic (exact) mass is 393 g/mol. The van der Waals surface area contributed by atoms with Crippen LogP contribution in [0.25, 0.3) is 0 Å². The first-order valence-corrected chi connectivity index (χ1v) is 10.8. The highest BCUT2D eigenvalue weighted by molar-refractivity contribution is 7.88. The molecule has 0 aromatic heterocycles. The molecule has 0 radical (unpaired) electrons. The lowest BCUT2D eigenvalue weighted by Crippen LogP contribution is -2.48. The summed E-state index contributed by atoms with van der Waals surface area (Å²) in [7, 11) is -3.38. The molecule has 1 aliphatic rings. The normalized spacial score (nSPS) is 16.0. The predicted molar refractivity (Wildman–Crippen MR) is 107 cm³/mol. The van der Waals surface area contributed by atoms with E-state index in [1.165, 1.54) is 5.69 Å². The number of nitrogens with one attached hydrogen (secondary N) is 1. The molecule has 0 aliphatic carbocycles. The number of halogens is 1. The molecule has 0 amide bonds. The quantitative estimate of drug-likeness (QED) is 0.785. The Morgan fingerprint density at radius 1 is 0.923 bits per heavy atom. The average Bonchev–Trinajstić information content (AvgIpc) is 2.65. The van der Waals surface area contributed by atoms with Gasteiger partial charge in [-0.3, -0.25) is 4.90 Å². The summed E-state index contributed by atoms with van der Waals surface area (Å²) >= 11 is 6.05. The van der Waals surface area contributed by atoms with Crippen LogP contribution in [-0.4, -0.2) is 52.6 Å². The molecule has 1 heterocycles. The molecule has 26 heavy (non-hydrogen) atoms. The molecule has 1 aliphatic heterocycles. The first-order chi connectivity index (χ1) is 12.5. The van der Waals surface area contributed by atoms with Crippen molar-refractivity contribution in [1.29, 1.82) is 0 Å². The van der Waals surface area contributed by atoms with Gasteiger partial charge in [0, 0.05) is 50.0 Å². The van der Waals surface area contributed by atoms with Gasteiger partial charge in [-0.2, -0.15) is 0 Å². The number of benzene rings is 2.